The van der Waals surface area contributed by atoms with Crippen LogP contribution in [0.5, 0.6) is 0 Å². The van der Waals surface area contributed by atoms with Gasteiger partial charge in [0.15, 0.2) is 0 Å². The van der Waals surface area contributed by atoms with E-state index in [2.05, 4.69) is 42.7 Å². The van der Waals surface area contributed by atoms with Crippen molar-refractivity contribution in [1.82, 2.24) is 24.5 Å². The van der Waals surface area contributed by atoms with Gasteiger partial charge in [0.1, 0.15) is 12.1 Å². The maximum Gasteiger partial charge on any atom is 0.138 e. The number of anilines is 1. The summed E-state index contributed by atoms with van der Waals surface area (Å²) in [6.45, 7) is 3.90. The Bertz CT molecular complexity index is 1070. The van der Waals surface area contributed by atoms with Gasteiger partial charge in [0.25, 0.3) is 0 Å². The number of hydrogen-bond acceptors (Lipinski definition) is 6. The first-order valence-corrected chi connectivity index (χ1v) is 9.35. The molecule has 0 saturated carbocycles. The highest BCUT2D eigenvalue weighted by Gasteiger charge is 2.19. The summed E-state index contributed by atoms with van der Waals surface area (Å²) in [6.07, 6.45) is 10.9. The molecule has 0 aromatic carbocycles. The van der Waals surface area contributed by atoms with Crippen LogP contribution >= 0.6 is 0 Å². The summed E-state index contributed by atoms with van der Waals surface area (Å²) in [4.78, 5) is 19.7. The number of nitrogens with zero attached hydrogens (tertiary/aromatic N) is 6. The average Bonchev–Trinajstić information content (AvgIpc) is 3.18. The standard InChI is InChI=1S/C21H20N6O/c1-4-22-5-2-16(1)14-27-6-3-18-20(27)11-19(17-12-23-15-24-13-17)25-21(18)26-7-9-28-10-8-26/h1-6,11-13,15H,7-10,14H2. The smallest absolute Gasteiger partial charge is 0.138 e. The van der Waals surface area contributed by atoms with Crippen LogP contribution in [0.3, 0.4) is 0 Å². The highest BCUT2D eigenvalue weighted by molar-refractivity contribution is 5.93. The zero-order valence-electron chi connectivity index (χ0n) is 15.4. The van der Waals surface area contributed by atoms with Crippen molar-refractivity contribution in [2.45, 2.75) is 6.54 Å². The minimum Gasteiger partial charge on any atom is -0.378 e. The predicted molar refractivity (Wildman–Crippen MR) is 107 cm³/mol. The van der Waals surface area contributed by atoms with E-state index in [1.165, 1.54) is 11.9 Å². The number of ether oxygens (including phenoxy) is 1. The van der Waals surface area contributed by atoms with Crippen LogP contribution in [-0.4, -0.2) is 50.8 Å². The van der Waals surface area contributed by atoms with Crippen molar-refractivity contribution in [3.63, 3.8) is 0 Å². The Labute approximate surface area is 162 Å². The molecule has 0 amide bonds. The number of aromatic nitrogens is 5. The monoisotopic (exact) mass is 372 g/mol. The third kappa shape index (κ3) is 3.20. The fourth-order valence-electron chi connectivity index (χ4n) is 3.59. The maximum absolute atomic E-state index is 5.53. The number of hydrogen-bond donors (Lipinski definition) is 0. The van der Waals surface area contributed by atoms with Crippen molar-refractivity contribution in [2.24, 2.45) is 0 Å². The van der Waals surface area contributed by atoms with Gasteiger partial charge in [0.05, 0.1) is 24.4 Å². The van der Waals surface area contributed by atoms with Gasteiger partial charge in [-0.15, -0.1) is 0 Å². The Morgan fingerprint density at radius 2 is 1.75 bits per heavy atom. The number of fused-ring (bicyclic) bond motifs is 1. The van der Waals surface area contributed by atoms with E-state index in [1.54, 1.807) is 12.4 Å². The maximum atomic E-state index is 5.53. The van der Waals surface area contributed by atoms with Gasteiger partial charge < -0.3 is 14.2 Å². The summed E-state index contributed by atoms with van der Waals surface area (Å²) in [7, 11) is 0. The first-order valence-electron chi connectivity index (χ1n) is 9.35. The first kappa shape index (κ1) is 16.8. The summed E-state index contributed by atoms with van der Waals surface area (Å²) in [6, 6.07) is 8.36. The van der Waals surface area contributed by atoms with Crippen molar-refractivity contribution in [1.29, 1.82) is 0 Å². The van der Waals surface area contributed by atoms with Gasteiger partial charge in [0, 0.05) is 61.6 Å². The van der Waals surface area contributed by atoms with Gasteiger partial charge in [-0.3, -0.25) is 4.98 Å². The van der Waals surface area contributed by atoms with Crippen molar-refractivity contribution < 1.29 is 4.74 Å². The van der Waals surface area contributed by atoms with E-state index in [4.69, 9.17) is 9.72 Å². The van der Waals surface area contributed by atoms with Gasteiger partial charge in [-0.1, -0.05) is 0 Å². The summed E-state index contributed by atoms with van der Waals surface area (Å²) in [5.41, 5.74) is 4.15. The second-order valence-electron chi connectivity index (χ2n) is 6.79. The zero-order valence-corrected chi connectivity index (χ0v) is 15.4. The number of rotatable bonds is 4. The molecule has 7 heteroatoms. The molecule has 5 heterocycles. The summed E-state index contributed by atoms with van der Waals surface area (Å²) in [5, 5.41) is 1.15. The molecule has 4 aromatic rings. The first-order chi connectivity index (χ1) is 13.9. The molecule has 1 aliphatic rings. The van der Waals surface area contributed by atoms with Crippen LogP contribution in [0.1, 0.15) is 5.56 Å². The molecule has 1 fully saturated rings. The molecule has 0 N–H and O–H groups in total. The van der Waals surface area contributed by atoms with Crippen LogP contribution in [0, 0.1) is 0 Å². The van der Waals surface area contributed by atoms with Crippen molar-refractivity contribution >= 4 is 16.7 Å². The Morgan fingerprint density at radius 1 is 0.964 bits per heavy atom. The van der Waals surface area contributed by atoms with Gasteiger partial charge in [-0.05, 0) is 29.8 Å². The van der Waals surface area contributed by atoms with Crippen LogP contribution in [0.4, 0.5) is 5.82 Å². The molecular formula is C21H20N6O. The third-order valence-electron chi connectivity index (χ3n) is 5.02. The fraction of sp³-hybridized carbons (Fsp3) is 0.238. The highest BCUT2D eigenvalue weighted by atomic mass is 16.5. The number of pyridine rings is 2. The predicted octanol–water partition coefficient (Wildman–Crippen LogP) is 2.77. The molecular weight excluding hydrogens is 352 g/mol. The Kier molecular flexibility index (Phi) is 4.42. The fourth-order valence-corrected chi connectivity index (χ4v) is 3.59. The van der Waals surface area contributed by atoms with Crippen LogP contribution < -0.4 is 4.90 Å². The molecule has 0 spiro atoms. The third-order valence-corrected chi connectivity index (χ3v) is 5.02. The SMILES string of the molecule is c1cc(Cn2ccc3c(N4CCOCC4)nc(-c4cncnc4)cc32)ccn1. The molecule has 7 nitrogen and oxygen atoms in total. The highest BCUT2D eigenvalue weighted by Crippen LogP contribution is 2.31. The van der Waals surface area contributed by atoms with E-state index in [0.29, 0.717) is 0 Å². The van der Waals surface area contributed by atoms with Crippen LogP contribution in [0.2, 0.25) is 0 Å². The van der Waals surface area contributed by atoms with E-state index in [0.717, 1.165) is 60.8 Å². The molecule has 5 rings (SSSR count). The van der Waals surface area contributed by atoms with Crippen molar-refractivity contribution in [3.8, 4) is 11.3 Å². The Morgan fingerprint density at radius 3 is 2.54 bits per heavy atom. The largest absolute Gasteiger partial charge is 0.378 e. The summed E-state index contributed by atoms with van der Waals surface area (Å²) >= 11 is 0. The van der Waals surface area contributed by atoms with E-state index in [-0.39, 0.29) is 0 Å². The lowest BCUT2D eigenvalue weighted by Gasteiger charge is -2.28. The quantitative estimate of drug-likeness (QED) is 0.549. The summed E-state index contributed by atoms with van der Waals surface area (Å²) < 4.78 is 7.79. The van der Waals surface area contributed by atoms with E-state index >= 15 is 0 Å². The molecule has 0 bridgehead atoms. The second kappa shape index (κ2) is 7.36. The van der Waals surface area contributed by atoms with Gasteiger partial charge in [-0.2, -0.15) is 0 Å². The molecule has 1 saturated heterocycles. The Hall–Kier alpha value is -3.32. The Balaban J connectivity index is 1.65. The van der Waals surface area contributed by atoms with Crippen molar-refractivity contribution in [2.75, 3.05) is 31.2 Å². The van der Waals surface area contributed by atoms with Gasteiger partial charge in [0.2, 0.25) is 0 Å². The van der Waals surface area contributed by atoms with Gasteiger partial charge >= 0.3 is 0 Å². The van der Waals surface area contributed by atoms with E-state index in [1.807, 2.05) is 24.5 Å². The average molecular weight is 372 g/mol. The topological polar surface area (TPSA) is 69.0 Å². The molecule has 0 atom stereocenters. The van der Waals surface area contributed by atoms with Crippen LogP contribution in [0.15, 0.2) is 61.6 Å². The lowest BCUT2D eigenvalue weighted by atomic mass is 10.1. The lowest BCUT2D eigenvalue weighted by molar-refractivity contribution is 0.122. The minimum atomic E-state index is 0.722. The second-order valence-corrected chi connectivity index (χ2v) is 6.79. The van der Waals surface area contributed by atoms with Crippen molar-refractivity contribution in [3.05, 3.63) is 67.1 Å². The molecule has 4 aromatic heterocycles. The normalized spacial score (nSPS) is 14.5. The van der Waals surface area contributed by atoms with E-state index < -0.39 is 0 Å². The molecule has 0 aliphatic carbocycles. The van der Waals surface area contributed by atoms with Gasteiger partial charge in [-0.25, -0.2) is 15.0 Å². The number of morpholine rings is 1. The summed E-state index contributed by atoms with van der Waals surface area (Å²) in [5.74, 6) is 0.994. The van der Waals surface area contributed by atoms with Crippen LogP contribution in [-0.2, 0) is 11.3 Å². The van der Waals surface area contributed by atoms with E-state index in [9.17, 15) is 0 Å². The molecule has 1 aliphatic heterocycles. The minimum absolute atomic E-state index is 0.722. The molecule has 0 radical (unpaired) electrons. The molecule has 140 valence electrons. The van der Waals surface area contributed by atoms with Crippen LogP contribution in [0.25, 0.3) is 22.2 Å². The zero-order chi connectivity index (χ0) is 18.8. The lowest BCUT2D eigenvalue weighted by Crippen LogP contribution is -2.36. The molecule has 28 heavy (non-hydrogen) atoms. The molecule has 0 unspecified atom stereocenters.